The molecule has 3 atom stereocenters. The number of hydrogen-bond donors (Lipinski definition) is 3. The van der Waals surface area contributed by atoms with E-state index in [1.54, 1.807) is 0 Å². The van der Waals surface area contributed by atoms with Crippen molar-refractivity contribution in [3.05, 3.63) is 156 Å². The van der Waals surface area contributed by atoms with Gasteiger partial charge in [0, 0.05) is 55.3 Å². The van der Waals surface area contributed by atoms with E-state index in [9.17, 15) is 14.7 Å². The normalized spacial score (nSPS) is 16.5. The minimum absolute atomic E-state index is 0.0166. The van der Waals surface area contributed by atoms with Gasteiger partial charge in [0.1, 0.15) is 5.69 Å². The van der Waals surface area contributed by atoms with Crippen molar-refractivity contribution in [2.45, 2.75) is 75.9 Å². The molecule has 298 valence electrons. The number of amides is 2. The first kappa shape index (κ1) is 40.7. The Hall–Kier alpha value is -5.52. The molecule has 1 aliphatic heterocycles. The van der Waals surface area contributed by atoms with Gasteiger partial charge in [0.15, 0.2) is 12.1 Å². The standard InChI is InChI=1S/C48H49N3O6S/c1-33(53)49-26-10-4-9-21-44(54)50-30-35-13-11-18-39(27-35)40-19-12-20-41(28-40)47-55-42(29-43(56-47)36-24-22-34(31-52)23-25-36)32-58-48-51-45(37-14-5-2-6-15-37)46(57-48)38-16-7-3-8-17-38/h2-3,5-8,11-20,22-25,27-28,42-43,47,52H,4,9-10,21,26,29-32H2,1H3,(H,49,53)(H,50,54)/t42-,43+,47+/m0/s1. The second-order valence-corrected chi connectivity index (χ2v) is 15.4. The number of carbonyl (C=O) groups is 2. The van der Waals surface area contributed by atoms with E-state index in [0.29, 0.717) is 36.9 Å². The van der Waals surface area contributed by atoms with Crippen LogP contribution in [-0.4, -0.2) is 40.3 Å². The molecule has 2 heterocycles. The van der Waals surface area contributed by atoms with Gasteiger partial charge in [-0.2, -0.15) is 0 Å². The highest BCUT2D eigenvalue weighted by molar-refractivity contribution is 7.99. The van der Waals surface area contributed by atoms with Crippen LogP contribution in [0.1, 0.15) is 73.7 Å². The molecule has 1 saturated heterocycles. The van der Waals surface area contributed by atoms with Gasteiger partial charge in [-0.15, -0.1) is 0 Å². The van der Waals surface area contributed by atoms with Crippen LogP contribution >= 0.6 is 11.8 Å². The van der Waals surface area contributed by atoms with Gasteiger partial charge in [-0.1, -0.05) is 140 Å². The molecule has 0 saturated carbocycles. The fraction of sp³-hybridized carbons (Fsp3) is 0.271. The van der Waals surface area contributed by atoms with E-state index in [4.69, 9.17) is 18.9 Å². The lowest BCUT2D eigenvalue weighted by atomic mass is 9.99. The highest BCUT2D eigenvalue weighted by atomic mass is 32.2. The molecule has 0 aliphatic carbocycles. The van der Waals surface area contributed by atoms with E-state index >= 15 is 0 Å². The number of unbranched alkanes of at least 4 members (excludes halogenated alkanes) is 2. The molecular weight excluding hydrogens is 747 g/mol. The van der Waals surface area contributed by atoms with Crippen LogP contribution < -0.4 is 10.6 Å². The van der Waals surface area contributed by atoms with E-state index in [2.05, 4.69) is 34.9 Å². The number of benzene rings is 5. The molecule has 2 amide bonds. The minimum Gasteiger partial charge on any atom is -0.431 e. The molecule has 1 aliphatic rings. The van der Waals surface area contributed by atoms with Crippen LogP contribution in [0.3, 0.4) is 0 Å². The largest absolute Gasteiger partial charge is 0.431 e. The Morgan fingerprint density at radius 3 is 2.17 bits per heavy atom. The summed E-state index contributed by atoms with van der Waals surface area (Å²) >= 11 is 1.53. The molecule has 6 aromatic rings. The Morgan fingerprint density at radius 2 is 1.43 bits per heavy atom. The Kier molecular flexibility index (Phi) is 14.2. The van der Waals surface area contributed by atoms with Crippen LogP contribution in [0.4, 0.5) is 0 Å². The molecular formula is C48H49N3O6S. The number of ether oxygens (including phenoxy) is 2. The molecule has 0 radical (unpaired) electrons. The molecule has 7 rings (SSSR count). The number of rotatable bonds is 17. The van der Waals surface area contributed by atoms with E-state index in [1.165, 1.54) is 18.7 Å². The fourth-order valence-corrected chi connectivity index (χ4v) is 7.83. The summed E-state index contributed by atoms with van der Waals surface area (Å²) in [5.41, 5.74) is 8.56. The predicted molar refractivity (Wildman–Crippen MR) is 227 cm³/mol. The van der Waals surface area contributed by atoms with Crippen LogP contribution in [0.2, 0.25) is 0 Å². The Morgan fingerprint density at radius 1 is 0.724 bits per heavy atom. The summed E-state index contributed by atoms with van der Waals surface area (Å²) in [4.78, 5) is 28.6. The van der Waals surface area contributed by atoms with Crippen molar-refractivity contribution < 1.29 is 28.6 Å². The lowest BCUT2D eigenvalue weighted by Crippen LogP contribution is -2.31. The molecule has 10 heteroatoms. The number of carbonyl (C=O) groups excluding carboxylic acids is 2. The number of hydrogen-bond acceptors (Lipinski definition) is 8. The number of thioether (sulfide) groups is 1. The second-order valence-electron chi connectivity index (χ2n) is 14.4. The summed E-state index contributed by atoms with van der Waals surface area (Å²) in [7, 11) is 0. The van der Waals surface area contributed by atoms with Crippen molar-refractivity contribution in [2.24, 2.45) is 0 Å². The van der Waals surface area contributed by atoms with Gasteiger partial charge < -0.3 is 29.6 Å². The fourth-order valence-electron chi connectivity index (χ4n) is 6.99. The Labute approximate surface area is 344 Å². The Balaban J connectivity index is 1.05. The third kappa shape index (κ3) is 11.1. The molecule has 1 fully saturated rings. The summed E-state index contributed by atoms with van der Waals surface area (Å²) in [6.07, 6.45) is 2.55. The SMILES string of the molecule is CC(=O)NCCCCCC(=O)NCc1cccc(-c2cccc([C@@H]3O[C@H](CSc4nc(-c5ccccc5)c(-c5ccccc5)o4)C[C@H](c4ccc(CO)cc4)O3)c2)c1. The Bertz CT molecular complexity index is 2190. The highest BCUT2D eigenvalue weighted by Crippen LogP contribution is 2.41. The van der Waals surface area contributed by atoms with Crippen molar-refractivity contribution in [3.8, 4) is 33.7 Å². The third-order valence-electron chi connectivity index (χ3n) is 10.1. The number of aliphatic hydroxyl groups is 1. The van der Waals surface area contributed by atoms with Gasteiger partial charge in [-0.3, -0.25) is 9.59 Å². The number of nitrogens with one attached hydrogen (secondary N) is 2. The van der Waals surface area contributed by atoms with Gasteiger partial charge in [0.05, 0.1) is 18.8 Å². The maximum atomic E-state index is 12.6. The highest BCUT2D eigenvalue weighted by Gasteiger charge is 2.33. The van der Waals surface area contributed by atoms with Crippen molar-refractivity contribution in [1.82, 2.24) is 15.6 Å². The van der Waals surface area contributed by atoms with Crippen LogP contribution in [-0.2, 0) is 32.2 Å². The summed E-state index contributed by atoms with van der Waals surface area (Å²) in [5, 5.41) is 16.1. The first-order valence-electron chi connectivity index (χ1n) is 19.9. The van der Waals surface area contributed by atoms with Crippen LogP contribution in [0.25, 0.3) is 33.7 Å². The van der Waals surface area contributed by atoms with Gasteiger partial charge >= 0.3 is 0 Å². The third-order valence-corrected chi connectivity index (χ3v) is 11.0. The lowest BCUT2D eigenvalue weighted by Gasteiger charge is -2.36. The van der Waals surface area contributed by atoms with Gasteiger partial charge in [0.2, 0.25) is 11.8 Å². The van der Waals surface area contributed by atoms with Crippen LogP contribution in [0.15, 0.2) is 143 Å². The minimum atomic E-state index is -0.633. The molecule has 3 N–H and O–H groups in total. The van der Waals surface area contributed by atoms with Gasteiger partial charge in [-0.05, 0) is 52.8 Å². The molecule has 58 heavy (non-hydrogen) atoms. The van der Waals surface area contributed by atoms with E-state index < -0.39 is 6.29 Å². The number of oxazole rings is 1. The van der Waals surface area contributed by atoms with Crippen molar-refractivity contribution in [1.29, 1.82) is 0 Å². The molecule has 0 bridgehead atoms. The van der Waals surface area contributed by atoms with E-state index in [0.717, 1.165) is 75.2 Å². The molecule has 0 unspecified atom stereocenters. The van der Waals surface area contributed by atoms with Crippen LogP contribution in [0.5, 0.6) is 0 Å². The summed E-state index contributed by atoms with van der Waals surface area (Å²) in [5.74, 6) is 1.31. The monoisotopic (exact) mass is 795 g/mol. The zero-order valence-corrected chi connectivity index (χ0v) is 33.5. The average Bonchev–Trinajstić information content (AvgIpc) is 3.71. The zero-order valence-electron chi connectivity index (χ0n) is 32.6. The predicted octanol–water partition coefficient (Wildman–Crippen LogP) is 9.82. The van der Waals surface area contributed by atoms with E-state index in [1.807, 2.05) is 109 Å². The smallest absolute Gasteiger partial charge is 0.256 e. The van der Waals surface area contributed by atoms with Gasteiger partial charge in [-0.25, -0.2) is 4.98 Å². The van der Waals surface area contributed by atoms with Gasteiger partial charge in [0.25, 0.3) is 5.22 Å². The topological polar surface area (TPSA) is 123 Å². The summed E-state index contributed by atoms with van der Waals surface area (Å²) < 4.78 is 19.9. The first-order valence-corrected chi connectivity index (χ1v) is 20.9. The molecule has 5 aromatic carbocycles. The average molecular weight is 796 g/mol. The van der Waals surface area contributed by atoms with Crippen molar-refractivity contribution in [3.63, 3.8) is 0 Å². The number of aromatic nitrogens is 1. The maximum absolute atomic E-state index is 12.6. The lowest BCUT2D eigenvalue weighted by molar-refractivity contribution is -0.245. The molecule has 9 nitrogen and oxygen atoms in total. The number of aliphatic hydroxyl groups excluding tert-OH is 1. The molecule has 1 aromatic heterocycles. The number of nitrogens with zero attached hydrogens (tertiary/aromatic N) is 1. The summed E-state index contributed by atoms with van der Waals surface area (Å²) in [6.45, 7) is 2.56. The molecule has 0 spiro atoms. The van der Waals surface area contributed by atoms with E-state index in [-0.39, 0.29) is 30.6 Å². The second kappa shape index (κ2) is 20.3. The quantitative estimate of drug-likeness (QED) is 0.0616. The summed E-state index contributed by atoms with van der Waals surface area (Å²) in [6, 6.07) is 44.5. The van der Waals surface area contributed by atoms with Crippen molar-refractivity contribution >= 4 is 23.6 Å². The van der Waals surface area contributed by atoms with Crippen molar-refractivity contribution in [2.75, 3.05) is 12.3 Å². The van der Waals surface area contributed by atoms with Crippen LogP contribution in [0, 0.1) is 0 Å². The maximum Gasteiger partial charge on any atom is 0.256 e. The first-order chi connectivity index (χ1) is 28.4. The zero-order chi connectivity index (χ0) is 40.1.